The molecule has 1 heterocycles. The van der Waals surface area contributed by atoms with Gasteiger partial charge in [0.15, 0.2) is 0 Å². The minimum Gasteiger partial charge on any atom is -0.508 e. The largest absolute Gasteiger partial charge is 0.508 e. The van der Waals surface area contributed by atoms with E-state index in [0.29, 0.717) is 19.5 Å². The fourth-order valence-electron chi connectivity index (χ4n) is 2.39. The van der Waals surface area contributed by atoms with Crippen molar-refractivity contribution in [1.29, 1.82) is 0 Å². The number of hydrogen-bond acceptors (Lipinski definition) is 4. The van der Waals surface area contributed by atoms with Crippen molar-refractivity contribution in [3.63, 3.8) is 0 Å². The third-order valence-corrected chi connectivity index (χ3v) is 3.56. The zero-order valence-electron chi connectivity index (χ0n) is 10.8. The number of aromatic hydroxyl groups is 1. The van der Waals surface area contributed by atoms with Crippen molar-refractivity contribution >= 4 is 5.91 Å². The highest BCUT2D eigenvalue weighted by atomic mass is 16.3. The molecule has 1 aliphatic heterocycles. The molecule has 1 aliphatic rings. The van der Waals surface area contributed by atoms with E-state index in [9.17, 15) is 9.90 Å². The van der Waals surface area contributed by atoms with Crippen LogP contribution in [-0.4, -0.2) is 46.8 Å². The highest BCUT2D eigenvalue weighted by Gasteiger charge is 2.28. The van der Waals surface area contributed by atoms with Gasteiger partial charge in [-0.2, -0.15) is 0 Å². The van der Waals surface area contributed by atoms with Crippen molar-refractivity contribution in [3.8, 4) is 5.75 Å². The van der Waals surface area contributed by atoms with Crippen LogP contribution in [0.15, 0.2) is 24.3 Å². The molecule has 1 aromatic rings. The van der Waals surface area contributed by atoms with E-state index in [4.69, 9.17) is 10.8 Å². The second kappa shape index (κ2) is 6.04. The summed E-state index contributed by atoms with van der Waals surface area (Å²) in [6.07, 6.45) is 1.30. The highest BCUT2D eigenvalue weighted by Crippen LogP contribution is 2.17. The van der Waals surface area contributed by atoms with Gasteiger partial charge in [0.1, 0.15) is 5.75 Å². The molecule has 0 radical (unpaired) electrons. The molecule has 19 heavy (non-hydrogen) atoms. The third kappa shape index (κ3) is 3.45. The van der Waals surface area contributed by atoms with Crippen LogP contribution in [0.4, 0.5) is 0 Å². The summed E-state index contributed by atoms with van der Waals surface area (Å²) in [7, 11) is 0. The molecule has 0 spiro atoms. The molecule has 1 aromatic carbocycles. The van der Waals surface area contributed by atoms with Gasteiger partial charge in [-0.15, -0.1) is 0 Å². The number of benzene rings is 1. The molecule has 0 bridgehead atoms. The Balaban J connectivity index is 1.91. The predicted molar refractivity (Wildman–Crippen MR) is 71.6 cm³/mol. The van der Waals surface area contributed by atoms with Gasteiger partial charge < -0.3 is 20.8 Å². The quantitative estimate of drug-likeness (QED) is 0.720. The maximum atomic E-state index is 12.1. The smallest absolute Gasteiger partial charge is 0.239 e. The highest BCUT2D eigenvalue weighted by molar-refractivity contribution is 5.82. The Morgan fingerprint density at radius 1 is 1.42 bits per heavy atom. The van der Waals surface area contributed by atoms with Crippen LogP contribution in [0.25, 0.3) is 0 Å². The molecule has 5 heteroatoms. The summed E-state index contributed by atoms with van der Waals surface area (Å²) >= 11 is 0. The summed E-state index contributed by atoms with van der Waals surface area (Å²) in [5.41, 5.74) is 6.87. The molecule has 5 nitrogen and oxygen atoms in total. The fourth-order valence-corrected chi connectivity index (χ4v) is 2.39. The molecular weight excluding hydrogens is 244 g/mol. The molecule has 2 atom stereocenters. The van der Waals surface area contributed by atoms with Gasteiger partial charge in [0.25, 0.3) is 0 Å². The summed E-state index contributed by atoms with van der Waals surface area (Å²) in [6, 6.07) is 6.14. The number of nitrogens with zero attached hydrogens (tertiary/aromatic N) is 1. The molecular formula is C14H20N2O3. The Labute approximate surface area is 112 Å². The van der Waals surface area contributed by atoms with Gasteiger partial charge in [0.2, 0.25) is 5.91 Å². The van der Waals surface area contributed by atoms with E-state index < -0.39 is 6.04 Å². The van der Waals surface area contributed by atoms with Crippen LogP contribution in [0.2, 0.25) is 0 Å². The second-order valence-corrected chi connectivity index (χ2v) is 5.10. The number of aliphatic hydroxyl groups excluding tert-OH is 1. The van der Waals surface area contributed by atoms with Crippen LogP contribution in [-0.2, 0) is 11.2 Å². The van der Waals surface area contributed by atoms with E-state index in [1.165, 1.54) is 0 Å². The fraction of sp³-hybridized carbons (Fsp3) is 0.500. The van der Waals surface area contributed by atoms with E-state index in [-0.39, 0.29) is 24.2 Å². The lowest BCUT2D eigenvalue weighted by Crippen LogP contribution is -2.44. The Bertz CT molecular complexity index is 433. The molecule has 0 aliphatic carbocycles. The number of carbonyl (C=O) groups excluding carboxylic acids is 1. The van der Waals surface area contributed by atoms with E-state index in [1.54, 1.807) is 29.2 Å². The Morgan fingerprint density at radius 2 is 2.11 bits per heavy atom. The topological polar surface area (TPSA) is 86.8 Å². The second-order valence-electron chi connectivity index (χ2n) is 5.10. The van der Waals surface area contributed by atoms with Crippen LogP contribution >= 0.6 is 0 Å². The number of rotatable bonds is 4. The Hall–Kier alpha value is -1.59. The summed E-state index contributed by atoms with van der Waals surface area (Å²) < 4.78 is 0. The van der Waals surface area contributed by atoms with E-state index in [2.05, 4.69) is 0 Å². The lowest BCUT2D eigenvalue weighted by atomic mass is 10.1. The van der Waals surface area contributed by atoms with Crippen molar-refractivity contribution in [1.82, 2.24) is 4.90 Å². The van der Waals surface area contributed by atoms with E-state index >= 15 is 0 Å². The van der Waals surface area contributed by atoms with Crippen LogP contribution in [0.3, 0.4) is 0 Å². The Kier molecular flexibility index (Phi) is 4.39. The molecule has 1 saturated heterocycles. The number of hydrogen-bond donors (Lipinski definition) is 3. The monoisotopic (exact) mass is 264 g/mol. The van der Waals surface area contributed by atoms with Crippen LogP contribution in [0.5, 0.6) is 5.75 Å². The molecule has 4 N–H and O–H groups in total. The standard InChI is InChI=1S/C14H20N2O3/c15-13(7-10-1-3-12(18)4-2-10)14(19)16-6-5-11(8-16)9-17/h1-4,11,13,17-18H,5-9,15H2. The zero-order chi connectivity index (χ0) is 13.8. The number of nitrogens with two attached hydrogens (primary N) is 1. The van der Waals surface area contributed by atoms with Gasteiger partial charge >= 0.3 is 0 Å². The number of aliphatic hydroxyl groups is 1. The summed E-state index contributed by atoms with van der Waals surface area (Å²) in [4.78, 5) is 13.9. The van der Waals surface area contributed by atoms with E-state index in [1.807, 2.05) is 0 Å². The zero-order valence-corrected chi connectivity index (χ0v) is 10.8. The van der Waals surface area contributed by atoms with Gasteiger partial charge in [0.05, 0.1) is 6.04 Å². The van der Waals surface area contributed by atoms with Gasteiger partial charge in [0, 0.05) is 25.6 Å². The van der Waals surface area contributed by atoms with Crippen molar-refractivity contribution in [3.05, 3.63) is 29.8 Å². The van der Waals surface area contributed by atoms with Gasteiger partial charge in [-0.05, 0) is 30.5 Å². The Morgan fingerprint density at radius 3 is 2.68 bits per heavy atom. The average molecular weight is 264 g/mol. The number of likely N-dealkylation sites (tertiary alicyclic amines) is 1. The first kappa shape index (κ1) is 13.8. The normalized spacial score (nSPS) is 20.5. The van der Waals surface area contributed by atoms with Crippen molar-refractivity contribution in [2.24, 2.45) is 11.7 Å². The van der Waals surface area contributed by atoms with Crippen molar-refractivity contribution in [2.75, 3.05) is 19.7 Å². The first-order chi connectivity index (χ1) is 9.10. The lowest BCUT2D eigenvalue weighted by molar-refractivity contribution is -0.131. The maximum Gasteiger partial charge on any atom is 0.239 e. The molecule has 0 aromatic heterocycles. The van der Waals surface area contributed by atoms with Crippen LogP contribution < -0.4 is 5.73 Å². The molecule has 2 rings (SSSR count). The SMILES string of the molecule is NC(Cc1ccc(O)cc1)C(=O)N1CCC(CO)C1. The van der Waals surface area contributed by atoms with Crippen LogP contribution in [0.1, 0.15) is 12.0 Å². The lowest BCUT2D eigenvalue weighted by Gasteiger charge is -2.20. The molecule has 104 valence electrons. The van der Waals surface area contributed by atoms with E-state index in [0.717, 1.165) is 12.0 Å². The number of carbonyl (C=O) groups is 1. The number of phenols is 1. The molecule has 1 amide bonds. The molecule has 0 saturated carbocycles. The predicted octanol–water partition coefficient (Wildman–Crippen LogP) is 0.103. The van der Waals surface area contributed by atoms with Crippen molar-refractivity contribution < 1.29 is 15.0 Å². The van der Waals surface area contributed by atoms with Gasteiger partial charge in [-0.3, -0.25) is 4.79 Å². The van der Waals surface area contributed by atoms with Crippen molar-refractivity contribution in [2.45, 2.75) is 18.9 Å². The number of amides is 1. The maximum absolute atomic E-state index is 12.1. The molecule has 2 unspecified atom stereocenters. The summed E-state index contributed by atoms with van der Waals surface area (Å²) in [6.45, 7) is 1.39. The first-order valence-corrected chi connectivity index (χ1v) is 6.53. The average Bonchev–Trinajstić information content (AvgIpc) is 2.89. The van der Waals surface area contributed by atoms with Gasteiger partial charge in [-0.1, -0.05) is 12.1 Å². The molecule has 1 fully saturated rings. The van der Waals surface area contributed by atoms with Crippen LogP contribution in [0, 0.1) is 5.92 Å². The first-order valence-electron chi connectivity index (χ1n) is 6.53. The summed E-state index contributed by atoms with van der Waals surface area (Å²) in [5.74, 6) is 0.322. The third-order valence-electron chi connectivity index (χ3n) is 3.56. The van der Waals surface area contributed by atoms with Gasteiger partial charge in [-0.25, -0.2) is 0 Å². The minimum atomic E-state index is -0.568. The summed E-state index contributed by atoms with van der Waals surface area (Å²) in [5, 5.41) is 18.3. The minimum absolute atomic E-state index is 0.0657. The number of phenolic OH excluding ortho intramolecular Hbond substituents is 1.